The van der Waals surface area contributed by atoms with E-state index in [2.05, 4.69) is 12.2 Å². The van der Waals surface area contributed by atoms with Crippen LogP contribution in [0.4, 0.5) is 4.39 Å². The van der Waals surface area contributed by atoms with E-state index in [9.17, 15) is 4.39 Å². The van der Waals surface area contributed by atoms with E-state index in [4.69, 9.17) is 9.15 Å². The van der Waals surface area contributed by atoms with Crippen molar-refractivity contribution in [2.75, 3.05) is 6.54 Å². The quantitative estimate of drug-likeness (QED) is 0.782. The van der Waals surface area contributed by atoms with Gasteiger partial charge in [-0.25, -0.2) is 4.39 Å². The minimum atomic E-state index is -0.258. The molecule has 0 aliphatic heterocycles. The maximum atomic E-state index is 13.4. The molecule has 108 valence electrons. The predicted octanol–water partition coefficient (Wildman–Crippen LogP) is 3.81. The molecule has 0 amide bonds. The number of ether oxygens (including phenoxy) is 1. The topological polar surface area (TPSA) is 34.4 Å². The zero-order valence-electron chi connectivity index (χ0n) is 11.9. The first-order chi connectivity index (χ1) is 9.69. The van der Waals surface area contributed by atoms with Gasteiger partial charge in [0.05, 0.1) is 6.26 Å². The molecule has 0 saturated carbocycles. The summed E-state index contributed by atoms with van der Waals surface area (Å²) in [7, 11) is 0. The van der Waals surface area contributed by atoms with Gasteiger partial charge in [-0.15, -0.1) is 0 Å². The number of furan rings is 1. The van der Waals surface area contributed by atoms with Gasteiger partial charge < -0.3 is 14.5 Å². The van der Waals surface area contributed by atoms with Crippen LogP contribution in [0.25, 0.3) is 0 Å². The summed E-state index contributed by atoms with van der Waals surface area (Å²) in [6.07, 6.45) is 2.82. The number of nitrogens with one attached hydrogen (secondary N) is 1. The summed E-state index contributed by atoms with van der Waals surface area (Å²) in [6.45, 7) is 5.93. The molecule has 0 aliphatic rings. The first kappa shape index (κ1) is 14.6. The van der Waals surface area contributed by atoms with E-state index in [1.807, 2.05) is 6.07 Å². The Kier molecular flexibility index (Phi) is 5.18. The van der Waals surface area contributed by atoms with Gasteiger partial charge in [0.2, 0.25) is 0 Å². The fourth-order valence-corrected chi connectivity index (χ4v) is 1.82. The highest BCUT2D eigenvalue weighted by molar-refractivity contribution is 5.28. The van der Waals surface area contributed by atoms with Crippen LogP contribution >= 0.6 is 0 Å². The van der Waals surface area contributed by atoms with Gasteiger partial charge in [0, 0.05) is 18.2 Å². The second-order valence-electron chi connectivity index (χ2n) is 4.80. The Morgan fingerprint density at radius 3 is 2.90 bits per heavy atom. The van der Waals surface area contributed by atoms with Crippen molar-refractivity contribution in [2.45, 2.75) is 33.4 Å². The lowest BCUT2D eigenvalue weighted by Gasteiger charge is -2.05. The first-order valence-electron chi connectivity index (χ1n) is 6.85. The Bertz CT molecular complexity index is 551. The molecule has 0 radical (unpaired) electrons. The smallest absolute Gasteiger partial charge is 0.146 e. The van der Waals surface area contributed by atoms with Crippen molar-refractivity contribution in [1.82, 2.24) is 5.32 Å². The van der Waals surface area contributed by atoms with E-state index in [0.717, 1.165) is 30.8 Å². The zero-order chi connectivity index (χ0) is 14.4. The van der Waals surface area contributed by atoms with Gasteiger partial charge in [0.25, 0.3) is 0 Å². The van der Waals surface area contributed by atoms with Crippen molar-refractivity contribution >= 4 is 0 Å². The molecule has 20 heavy (non-hydrogen) atoms. The molecule has 0 spiro atoms. The van der Waals surface area contributed by atoms with Gasteiger partial charge in [0.15, 0.2) is 0 Å². The van der Waals surface area contributed by atoms with Crippen LogP contribution in [0.1, 0.15) is 30.2 Å². The number of halogens is 1. The van der Waals surface area contributed by atoms with Crippen molar-refractivity contribution < 1.29 is 13.5 Å². The van der Waals surface area contributed by atoms with Gasteiger partial charge in [-0.3, -0.25) is 0 Å². The molecule has 2 rings (SSSR count). The average molecular weight is 277 g/mol. The van der Waals surface area contributed by atoms with Crippen molar-refractivity contribution in [2.24, 2.45) is 0 Å². The minimum absolute atomic E-state index is 0.258. The molecule has 0 atom stereocenters. The second kappa shape index (κ2) is 7.10. The lowest BCUT2D eigenvalue weighted by atomic mass is 10.2. The highest BCUT2D eigenvalue weighted by Crippen LogP contribution is 2.18. The van der Waals surface area contributed by atoms with Crippen molar-refractivity contribution in [1.29, 1.82) is 0 Å². The van der Waals surface area contributed by atoms with Crippen LogP contribution in [0.15, 0.2) is 34.9 Å². The van der Waals surface area contributed by atoms with Crippen molar-refractivity contribution in [3.8, 4) is 5.75 Å². The molecule has 1 aromatic heterocycles. The fourth-order valence-electron chi connectivity index (χ4n) is 1.82. The van der Waals surface area contributed by atoms with E-state index in [1.54, 1.807) is 25.3 Å². The summed E-state index contributed by atoms with van der Waals surface area (Å²) < 4.78 is 24.3. The molecular weight excluding hydrogens is 257 g/mol. The summed E-state index contributed by atoms with van der Waals surface area (Å²) in [5.74, 6) is 0.987. The predicted molar refractivity (Wildman–Crippen MR) is 76.2 cm³/mol. The number of benzene rings is 1. The number of aryl methyl sites for hydroxylation is 1. The van der Waals surface area contributed by atoms with Gasteiger partial charge in [0.1, 0.15) is 23.9 Å². The first-order valence-corrected chi connectivity index (χ1v) is 6.85. The lowest BCUT2D eigenvalue weighted by molar-refractivity contribution is 0.269. The molecule has 1 aromatic carbocycles. The monoisotopic (exact) mass is 277 g/mol. The molecule has 2 aromatic rings. The zero-order valence-corrected chi connectivity index (χ0v) is 11.9. The minimum Gasteiger partial charge on any atom is -0.486 e. The van der Waals surface area contributed by atoms with Crippen LogP contribution in [0.3, 0.4) is 0 Å². The van der Waals surface area contributed by atoms with E-state index < -0.39 is 0 Å². The molecule has 0 aliphatic carbocycles. The second-order valence-corrected chi connectivity index (χ2v) is 4.80. The Hall–Kier alpha value is -1.81. The molecule has 0 saturated heterocycles. The van der Waals surface area contributed by atoms with Crippen LogP contribution < -0.4 is 10.1 Å². The van der Waals surface area contributed by atoms with Crippen LogP contribution in [0.2, 0.25) is 0 Å². The maximum absolute atomic E-state index is 13.4. The van der Waals surface area contributed by atoms with Gasteiger partial charge in [-0.2, -0.15) is 0 Å². The molecule has 0 bridgehead atoms. The molecule has 1 N–H and O–H groups in total. The summed E-state index contributed by atoms with van der Waals surface area (Å²) in [6, 6.07) is 6.80. The standard InChI is InChI=1S/C16H20FNO2/c1-3-6-18-9-13-7-15(19-10-13)11-20-14-5-4-12(2)16(17)8-14/h4-5,7-8,10,18H,3,6,9,11H2,1-2H3. The highest BCUT2D eigenvalue weighted by Gasteiger charge is 2.04. The summed E-state index contributed by atoms with van der Waals surface area (Å²) in [5.41, 5.74) is 1.70. The van der Waals surface area contributed by atoms with Crippen molar-refractivity contribution in [3.05, 3.63) is 53.2 Å². The molecule has 0 unspecified atom stereocenters. The molecule has 1 heterocycles. The van der Waals surface area contributed by atoms with E-state index >= 15 is 0 Å². The molecule has 4 heteroatoms. The molecular formula is C16H20FNO2. The summed E-state index contributed by atoms with van der Waals surface area (Å²) >= 11 is 0. The average Bonchev–Trinajstić information content (AvgIpc) is 2.88. The normalized spacial score (nSPS) is 10.8. The largest absolute Gasteiger partial charge is 0.486 e. The Morgan fingerprint density at radius 1 is 1.30 bits per heavy atom. The SMILES string of the molecule is CCCNCc1coc(COc2ccc(C)c(F)c2)c1. The Balaban J connectivity index is 1.85. The Morgan fingerprint density at radius 2 is 2.15 bits per heavy atom. The van der Waals surface area contributed by atoms with E-state index in [0.29, 0.717) is 17.9 Å². The highest BCUT2D eigenvalue weighted by atomic mass is 19.1. The summed E-state index contributed by atoms with van der Waals surface area (Å²) in [4.78, 5) is 0. The Labute approximate surface area is 118 Å². The van der Waals surface area contributed by atoms with Crippen molar-refractivity contribution in [3.63, 3.8) is 0 Å². The maximum Gasteiger partial charge on any atom is 0.146 e. The fraction of sp³-hybridized carbons (Fsp3) is 0.375. The number of hydrogen-bond donors (Lipinski definition) is 1. The lowest BCUT2D eigenvalue weighted by Crippen LogP contribution is -2.13. The van der Waals surface area contributed by atoms with Crippen LogP contribution in [-0.4, -0.2) is 6.54 Å². The van der Waals surface area contributed by atoms with Crippen LogP contribution in [0, 0.1) is 12.7 Å². The number of rotatable bonds is 7. The van der Waals surface area contributed by atoms with Crippen LogP contribution in [0.5, 0.6) is 5.75 Å². The summed E-state index contributed by atoms with van der Waals surface area (Å²) in [5, 5.41) is 3.30. The third-order valence-corrected chi connectivity index (χ3v) is 2.99. The molecule has 3 nitrogen and oxygen atoms in total. The van der Waals surface area contributed by atoms with Gasteiger partial charge >= 0.3 is 0 Å². The van der Waals surface area contributed by atoms with Gasteiger partial charge in [-0.1, -0.05) is 13.0 Å². The number of hydrogen-bond acceptors (Lipinski definition) is 3. The van der Waals surface area contributed by atoms with Gasteiger partial charge in [-0.05, 0) is 37.6 Å². The van der Waals surface area contributed by atoms with E-state index in [1.165, 1.54) is 6.07 Å². The van der Waals surface area contributed by atoms with Crippen LogP contribution in [-0.2, 0) is 13.2 Å². The van der Waals surface area contributed by atoms with E-state index in [-0.39, 0.29) is 5.82 Å². The molecule has 0 fully saturated rings. The third kappa shape index (κ3) is 4.10. The third-order valence-electron chi connectivity index (χ3n) is 2.99.